The number of allylic oxidation sites excluding steroid dienone is 2. The van der Waals surface area contributed by atoms with Gasteiger partial charge in [0.05, 0.1) is 11.5 Å². The Bertz CT molecular complexity index is 3640. The van der Waals surface area contributed by atoms with E-state index >= 15 is 0 Å². The highest BCUT2D eigenvalue weighted by molar-refractivity contribution is 7.84. The van der Waals surface area contributed by atoms with E-state index in [0.29, 0.717) is 0 Å². The summed E-state index contributed by atoms with van der Waals surface area (Å²) in [5, 5.41) is 16.8. The van der Waals surface area contributed by atoms with Crippen LogP contribution in [0.1, 0.15) is 82.0 Å². The van der Waals surface area contributed by atoms with E-state index in [4.69, 9.17) is 12.6 Å². The van der Waals surface area contributed by atoms with Crippen LogP contribution in [0.2, 0.25) is 0 Å². The number of rotatable bonds is 5. The number of thiol groups is 1. The molecule has 0 fully saturated rings. The van der Waals surface area contributed by atoms with Crippen LogP contribution in [-0.2, 0) is 18.2 Å². The van der Waals surface area contributed by atoms with E-state index in [2.05, 4.69) is 215 Å². The van der Waals surface area contributed by atoms with Gasteiger partial charge in [-0.1, -0.05) is 170 Å². The van der Waals surface area contributed by atoms with Crippen molar-refractivity contribution < 1.29 is 5.11 Å². The molecule has 0 saturated heterocycles. The molecule has 3 aliphatic carbocycles. The minimum atomic E-state index is -0.685. The monoisotopic (exact) mass is 906 g/mol. The summed E-state index contributed by atoms with van der Waals surface area (Å²) >= 11 is 5.07. The highest BCUT2D eigenvalue weighted by Crippen LogP contribution is 2.64. The fraction of sp³-hybridized carbons (Fsp3) is 0.169. The summed E-state index contributed by atoms with van der Waals surface area (Å²) < 4.78 is 0. The fourth-order valence-electron chi connectivity index (χ4n) is 13.4. The van der Waals surface area contributed by atoms with Gasteiger partial charge in [0.2, 0.25) is 0 Å². The molecule has 3 aliphatic rings. The number of aliphatic hydroxyl groups is 1. The van der Waals surface area contributed by atoms with Gasteiger partial charge in [-0.05, 0) is 196 Å². The molecular formula is C65H56B2OS. The normalized spacial score (nSPS) is 16.8. The molecule has 0 amide bonds. The quantitative estimate of drug-likeness (QED) is 0.100. The van der Waals surface area contributed by atoms with Crippen LogP contribution in [0.4, 0.5) is 0 Å². The molecule has 1 N–H and O–H groups in total. The maximum Gasteiger partial charge on any atom is 0.140 e. The zero-order chi connectivity index (χ0) is 47.6. The van der Waals surface area contributed by atoms with Gasteiger partial charge >= 0.3 is 0 Å². The Labute approximate surface area is 414 Å². The lowest BCUT2D eigenvalue weighted by atomic mass is 9.60. The van der Waals surface area contributed by atoms with Gasteiger partial charge in [0.15, 0.2) is 0 Å². The van der Waals surface area contributed by atoms with Gasteiger partial charge in [-0.3, -0.25) is 0 Å². The standard InChI is InChI=1S/C65H56B2OS/c1-35-54(34-66)36(2)62(67)37(3)58(35)45-21-25-51-53(32-45)49-19-13-14-20-50(49)60-52-26-22-46(59-38(4)63(68)40(6)64(69)39(59)5)33-57(52)65(61(51)60)55-27-23-43(41-15-9-7-10-16-41)29-47(55)31-48-30-44(24-28-56(48)65)42-17-11-8-12-18-42/h7-30,32-33,40,63,68-69H,31,34,66-67H2,1-6H3. The van der Waals surface area contributed by atoms with Crippen LogP contribution in [0.3, 0.4) is 0 Å². The van der Waals surface area contributed by atoms with Crippen molar-refractivity contribution in [3.05, 3.63) is 235 Å². The lowest BCUT2D eigenvalue weighted by Crippen LogP contribution is -2.34. The largest absolute Gasteiger partial charge is 0.388 e. The van der Waals surface area contributed by atoms with E-state index in [9.17, 15) is 5.11 Å². The average molecular weight is 907 g/mol. The molecule has 0 bridgehead atoms. The van der Waals surface area contributed by atoms with Gasteiger partial charge in [0.1, 0.15) is 15.7 Å². The summed E-state index contributed by atoms with van der Waals surface area (Å²) in [6, 6.07) is 60.1. The highest BCUT2D eigenvalue weighted by Gasteiger charge is 2.52. The number of fused-ring (bicyclic) bond motifs is 14. The van der Waals surface area contributed by atoms with Crippen LogP contribution in [0.25, 0.3) is 71.6 Å². The molecule has 9 aromatic rings. The predicted octanol–water partition coefficient (Wildman–Crippen LogP) is 13.6. The number of aliphatic hydroxyl groups excluding tert-OH is 1. The Hall–Kier alpha value is -6.58. The van der Waals surface area contributed by atoms with E-state index in [0.717, 1.165) is 39.9 Å². The molecular weight excluding hydrogens is 850 g/mol. The van der Waals surface area contributed by atoms with Gasteiger partial charge in [0, 0.05) is 5.92 Å². The first-order valence-electron chi connectivity index (χ1n) is 24.8. The predicted molar refractivity (Wildman–Crippen MR) is 302 cm³/mol. The maximum absolute atomic E-state index is 11.7. The topological polar surface area (TPSA) is 20.2 Å². The number of hydrogen-bond acceptors (Lipinski definition) is 2. The minimum absolute atomic E-state index is 0.0654. The molecule has 2 atom stereocenters. The molecule has 1 spiro atoms. The SMILES string of the molecule is BCc1c(C)c(B)c(C)c(-c2ccc3c4c(c5ccccc5c3c2)-c2ccc(C3=C(C)C(O)C(C)C(S)=C3C)cc2C42c3ccc(-c4ccccc4)cc3Cc3cc(-c4ccccc4)ccc32)c1C. The summed E-state index contributed by atoms with van der Waals surface area (Å²) in [6.07, 6.45) is 1.21. The van der Waals surface area contributed by atoms with Crippen molar-refractivity contribution in [3.63, 3.8) is 0 Å². The zero-order valence-electron chi connectivity index (χ0n) is 41.0. The van der Waals surface area contributed by atoms with Crippen LogP contribution in [0, 0.1) is 26.7 Å². The summed E-state index contributed by atoms with van der Waals surface area (Å²) in [6.45, 7) is 13.3. The summed E-state index contributed by atoms with van der Waals surface area (Å²) in [5.41, 5.74) is 28.8. The molecule has 9 aromatic carbocycles. The molecule has 1 nitrogen and oxygen atoms in total. The van der Waals surface area contributed by atoms with E-state index in [1.54, 1.807) is 0 Å². The molecule has 0 aliphatic heterocycles. The maximum atomic E-state index is 11.7. The second kappa shape index (κ2) is 16.3. The van der Waals surface area contributed by atoms with E-state index in [1.807, 2.05) is 0 Å². The highest BCUT2D eigenvalue weighted by atomic mass is 32.1. The van der Waals surface area contributed by atoms with Crippen LogP contribution < -0.4 is 5.46 Å². The number of benzene rings is 9. The van der Waals surface area contributed by atoms with Crippen molar-refractivity contribution in [2.45, 2.75) is 65.8 Å². The Morgan fingerprint density at radius 3 is 1.75 bits per heavy atom. The molecule has 4 heteroatoms. The van der Waals surface area contributed by atoms with Crippen molar-refractivity contribution in [2.75, 3.05) is 0 Å². The van der Waals surface area contributed by atoms with Gasteiger partial charge in [0.25, 0.3) is 0 Å². The first-order chi connectivity index (χ1) is 33.4. The van der Waals surface area contributed by atoms with Crippen LogP contribution in [-0.4, -0.2) is 26.9 Å². The molecule has 0 radical (unpaired) electrons. The van der Waals surface area contributed by atoms with Gasteiger partial charge in [-0.2, -0.15) is 0 Å². The molecule has 0 aromatic heterocycles. The van der Waals surface area contributed by atoms with Gasteiger partial charge < -0.3 is 5.11 Å². The fourth-order valence-corrected chi connectivity index (χ4v) is 13.6. The third-order valence-electron chi connectivity index (χ3n) is 16.9. The van der Waals surface area contributed by atoms with E-state index in [-0.39, 0.29) is 5.92 Å². The third kappa shape index (κ3) is 6.24. The van der Waals surface area contributed by atoms with Gasteiger partial charge in [-0.15, -0.1) is 12.6 Å². The Morgan fingerprint density at radius 2 is 1.13 bits per heavy atom. The molecule has 334 valence electrons. The van der Waals surface area contributed by atoms with E-state index in [1.165, 1.54) is 127 Å². The van der Waals surface area contributed by atoms with Crippen molar-refractivity contribution in [1.82, 2.24) is 0 Å². The lowest BCUT2D eigenvalue weighted by molar-refractivity contribution is 0.170. The second-order valence-electron chi connectivity index (χ2n) is 20.2. The third-order valence-corrected chi connectivity index (χ3v) is 17.7. The number of hydrogen-bond donors (Lipinski definition) is 2. The first kappa shape index (κ1) is 43.7. The first-order valence-corrected chi connectivity index (χ1v) is 25.3. The Balaban J connectivity index is 1.25. The van der Waals surface area contributed by atoms with E-state index < -0.39 is 11.5 Å². The molecule has 0 saturated carbocycles. The Kier molecular flexibility index (Phi) is 10.3. The molecule has 69 heavy (non-hydrogen) atoms. The summed E-state index contributed by atoms with van der Waals surface area (Å²) in [7, 11) is 4.60. The van der Waals surface area contributed by atoms with Crippen molar-refractivity contribution >= 4 is 60.9 Å². The summed E-state index contributed by atoms with van der Waals surface area (Å²) in [5.74, 6) is -0.0654. The van der Waals surface area contributed by atoms with Crippen molar-refractivity contribution in [1.29, 1.82) is 0 Å². The van der Waals surface area contributed by atoms with Crippen molar-refractivity contribution in [2.24, 2.45) is 5.92 Å². The van der Waals surface area contributed by atoms with Crippen molar-refractivity contribution in [3.8, 4) is 44.5 Å². The smallest absolute Gasteiger partial charge is 0.140 e. The molecule has 12 rings (SSSR count). The second-order valence-corrected chi connectivity index (χ2v) is 20.7. The summed E-state index contributed by atoms with van der Waals surface area (Å²) in [4.78, 5) is 0.949. The average Bonchev–Trinajstić information content (AvgIpc) is 3.68. The minimum Gasteiger partial charge on any atom is -0.388 e. The Morgan fingerprint density at radius 1 is 0.551 bits per heavy atom. The van der Waals surface area contributed by atoms with Crippen LogP contribution >= 0.6 is 12.6 Å². The zero-order valence-corrected chi connectivity index (χ0v) is 41.9. The molecule has 0 heterocycles. The van der Waals surface area contributed by atoms with Gasteiger partial charge in [-0.25, -0.2) is 0 Å². The van der Waals surface area contributed by atoms with Crippen LogP contribution in [0.5, 0.6) is 0 Å². The molecule has 2 unspecified atom stereocenters. The van der Waals surface area contributed by atoms with Crippen LogP contribution in [0.15, 0.2) is 174 Å². The lowest BCUT2D eigenvalue weighted by Gasteiger charge is -2.41.